The Balaban J connectivity index is 1.22. The van der Waals surface area contributed by atoms with E-state index in [2.05, 4.69) is 20.2 Å². The molecule has 61 heavy (non-hydrogen) atoms. The van der Waals surface area contributed by atoms with E-state index >= 15 is 8.78 Å². The highest BCUT2D eigenvalue weighted by molar-refractivity contribution is 6.32. The molecule has 0 atom stereocenters. The first-order chi connectivity index (χ1) is 29.7. The molecular formula is C47H43Cl3F2N8O. The van der Waals surface area contributed by atoms with Crippen molar-refractivity contribution in [2.75, 3.05) is 42.8 Å². The van der Waals surface area contributed by atoms with Gasteiger partial charge in [-0.05, 0) is 124 Å². The van der Waals surface area contributed by atoms with Crippen molar-refractivity contribution in [3.05, 3.63) is 135 Å². The van der Waals surface area contributed by atoms with Crippen molar-refractivity contribution in [1.82, 2.24) is 30.2 Å². The van der Waals surface area contributed by atoms with Gasteiger partial charge in [-0.1, -0.05) is 65.1 Å². The molecule has 312 valence electrons. The molecule has 9 nitrogen and oxygen atoms in total. The van der Waals surface area contributed by atoms with Gasteiger partial charge in [-0.2, -0.15) is 0 Å². The molecule has 2 aromatic heterocycles. The first-order valence-electron chi connectivity index (χ1n) is 20.6. The summed E-state index contributed by atoms with van der Waals surface area (Å²) in [7, 11) is 0. The standard InChI is InChI=1S/C47H43Cl3F2N8O/c1-2-61-43-25-29(11-14-38(43)50)28-58-23-19-33(20-24-58)60(47-55-42-16-13-31(49)27-37(42)45(57-47)35-8-4-6-10-40(35)52)59(32-17-21-53-22-18-32)46-54-41-15-12-30(48)26-36(41)44(56-46)34-7-3-5-9-39(34)51/h3-16,25-27,32-33,53H,2,17-24,28H2,1H3. The van der Waals surface area contributed by atoms with E-state index in [1.54, 1.807) is 60.7 Å². The van der Waals surface area contributed by atoms with Crippen molar-refractivity contribution in [2.24, 2.45) is 0 Å². The van der Waals surface area contributed by atoms with Crippen molar-refractivity contribution in [3.8, 4) is 28.3 Å². The highest BCUT2D eigenvalue weighted by Gasteiger charge is 2.38. The number of aromatic nitrogens is 4. The van der Waals surface area contributed by atoms with Gasteiger partial charge in [0.05, 0.1) is 46.1 Å². The number of fused-ring (bicyclic) bond motifs is 2. The molecule has 0 aliphatic carbocycles. The van der Waals surface area contributed by atoms with Crippen LogP contribution in [0.1, 0.15) is 38.2 Å². The van der Waals surface area contributed by atoms with Gasteiger partial charge in [0.25, 0.3) is 0 Å². The number of halogens is 5. The monoisotopic (exact) mass is 878 g/mol. The zero-order valence-electron chi connectivity index (χ0n) is 33.5. The van der Waals surface area contributed by atoms with Gasteiger partial charge in [0.1, 0.15) is 17.4 Å². The summed E-state index contributed by atoms with van der Waals surface area (Å²) in [6.07, 6.45) is 2.98. The van der Waals surface area contributed by atoms with Crippen LogP contribution in [-0.4, -0.2) is 69.7 Å². The average Bonchev–Trinajstić information content (AvgIpc) is 3.27. The van der Waals surface area contributed by atoms with Crippen molar-refractivity contribution < 1.29 is 13.5 Å². The average molecular weight is 880 g/mol. The number of benzene rings is 5. The third-order valence-corrected chi connectivity index (χ3v) is 12.2. The first-order valence-corrected chi connectivity index (χ1v) is 21.7. The molecule has 2 aliphatic rings. The van der Waals surface area contributed by atoms with Gasteiger partial charge < -0.3 is 10.1 Å². The molecular weight excluding hydrogens is 837 g/mol. The van der Waals surface area contributed by atoms with E-state index in [9.17, 15) is 0 Å². The van der Waals surface area contributed by atoms with Crippen molar-refractivity contribution >= 4 is 68.5 Å². The Morgan fingerprint density at radius 2 is 1.18 bits per heavy atom. The number of likely N-dealkylation sites (tertiary alicyclic amines) is 1. The lowest BCUT2D eigenvalue weighted by Gasteiger charge is -2.47. The third-order valence-electron chi connectivity index (χ3n) is 11.5. The molecule has 9 rings (SSSR count). The van der Waals surface area contributed by atoms with E-state index in [4.69, 9.17) is 59.5 Å². The van der Waals surface area contributed by atoms with Crippen LogP contribution in [0.2, 0.25) is 15.1 Å². The largest absolute Gasteiger partial charge is 0.492 e. The Morgan fingerprint density at radius 1 is 0.656 bits per heavy atom. The van der Waals surface area contributed by atoms with Gasteiger partial charge in [-0.25, -0.2) is 38.7 Å². The summed E-state index contributed by atoms with van der Waals surface area (Å²) in [6, 6.07) is 29.7. The molecule has 5 aromatic carbocycles. The zero-order valence-corrected chi connectivity index (χ0v) is 35.7. The van der Waals surface area contributed by atoms with Gasteiger partial charge in [-0.3, -0.25) is 4.90 Å². The second kappa shape index (κ2) is 18.0. The topological polar surface area (TPSA) is 82.5 Å². The fourth-order valence-electron chi connectivity index (χ4n) is 8.51. The molecule has 0 radical (unpaired) electrons. The molecule has 2 aliphatic heterocycles. The number of anilines is 2. The number of hydrogen-bond acceptors (Lipinski definition) is 9. The lowest BCUT2D eigenvalue weighted by molar-refractivity contribution is 0.196. The number of hydrazine groups is 1. The first kappa shape index (κ1) is 41.2. The minimum atomic E-state index is -0.413. The summed E-state index contributed by atoms with van der Waals surface area (Å²) in [5.74, 6) is 0.596. The van der Waals surface area contributed by atoms with Gasteiger partial charge in [0, 0.05) is 51.6 Å². The third kappa shape index (κ3) is 8.67. The Hall–Kier alpha value is -5.17. The van der Waals surface area contributed by atoms with E-state index in [1.807, 2.05) is 37.3 Å². The second-order valence-corrected chi connectivity index (χ2v) is 16.7. The minimum absolute atomic E-state index is 0.106. The van der Waals surface area contributed by atoms with Crippen LogP contribution in [0.15, 0.2) is 103 Å². The van der Waals surface area contributed by atoms with Crippen LogP contribution >= 0.6 is 34.8 Å². The van der Waals surface area contributed by atoms with Crippen molar-refractivity contribution in [3.63, 3.8) is 0 Å². The molecule has 0 amide bonds. The maximum absolute atomic E-state index is 15.8. The van der Waals surface area contributed by atoms with E-state index in [1.165, 1.54) is 12.1 Å². The Kier molecular flexibility index (Phi) is 12.2. The van der Waals surface area contributed by atoms with Crippen molar-refractivity contribution in [2.45, 2.75) is 51.2 Å². The predicted octanol–water partition coefficient (Wildman–Crippen LogP) is 11.2. The Bertz CT molecular complexity index is 2710. The summed E-state index contributed by atoms with van der Waals surface area (Å²) in [6.45, 7) is 6.23. The molecule has 2 fully saturated rings. The van der Waals surface area contributed by atoms with Crippen LogP contribution in [-0.2, 0) is 6.54 Å². The quantitative estimate of drug-likeness (QED) is 0.128. The lowest BCUT2D eigenvalue weighted by Crippen LogP contribution is -2.59. The fourth-order valence-corrected chi connectivity index (χ4v) is 9.03. The second-order valence-electron chi connectivity index (χ2n) is 15.4. The summed E-state index contributed by atoms with van der Waals surface area (Å²) in [5, 5.41) is 10.6. The molecule has 7 aromatic rings. The Labute approximate surface area is 368 Å². The van der Waals surface area contributed by atoms with E-state index in [-0.39, 0.29) is 12.1 Å². The fraction of sp³-hybridized carbons (Fsp3) is 0.277. The highest BCUT2D eigenvalue weighted by atomic mass is 35.5. The van der Waals surface area contributed by atoms with Crippen LogP contribution < -0.4 is 20.1 Å². The van der Waals surface area contributed by atoms with Gasteiger partial charge >= 0.3 is 0 Å². The predicted molar refractivity (Wildman–Crippen MR) is 242 cm³/mol. The number of nitrogens with zero attached hydrogens (tertiary/aromatic N) is 7. The molecule has 14 heteroatoms. The van der Waals surface area contributed by atoms with Crippen LogP contribution in [0.4, 0.5) is 20.7 Å². The molecule has 0 saturated carbocycles. The molecule has 1 N–H and O–H groups in total. The molecule has 2 saturated heterocycles. The van der Waals surface area contributed by atoms with E-state index in [0.29, 0.717) is 83.6 Å². The minimum Gasteiger partial charge on any atom is -0.492 e. The number of nitrogens with one attached hydrogen (secondary N) is 1. The van der Waals surface area contributed by atoms with E-state index in [0.717, 1.165) is 64.0 Å². The number of rotatable bonds is 11. The maximum Gasteiger partial charge on any atom is 0.246 e. The van der Waals surface area contributed by atoms with E-state index < -0.39 is 11.6 Å². The lowest BCUT2D eigenvalue weighted by atomic mass is 10.0. The number of piperidine rings is 2. The normalized spacial score (nSPS) is 15.4. The molecule has 0 bridgehead atoms. The van der Waals surface area contributed by atoms with Gasteiger partial charge in [0.2, 0.25) is 11.9 Å². The van der Waals surface area contributed by atoms with Crippen molar-refractivity contribution in [1.29, 1.82) is 0 Å². The molecule has 0 unspecified atom stereocenters. The highest BCUT2D eigenvalue weighted by Crippen LogP contribution is 2.38. The molecule has 0 spiro atoms. The maximum atomic E-state index is 15.8. The zero-order chi connectivity index (χ0) is 42.0. The van der Waals surface area contributed by atoms with Crippen LogP contribution in [0.3, 0.4) is 0 Å². The van der Waals surface area contributed by atoms with Crippen LogP contribution in [0.25, 0.3) is 44.3 Å². The smallest absolute Gasteiger partial charge is 0.246 e. The van der Waals surface area contributed by atoms with Gasteiger partial charge in [-0.15, -0.1) is 0 Å². The van der Waals surface area contributed by atoms with Gasteiger partial charge in [0.15, 0.2) is 0 Å². The molecule has 4 heterocycles. The summed E-state index contributed by atoms with van der Waals surface area (Å²) in [4.78, 5) is 23.4. The summed E-state index contributed by atoms with van der Waals surface area (Å²) < 4.78 is 37.4. The van der Waals surface area contributed by atoms with Crippen LogP contribution in [0.5, 0.6) is 5.75 Å². The number of ether oxygens (including phenoxy) is 1. The number of hydrogen-bond donors (Lipinski definition) is 1. The van der Waals surface area contributed by atoms with Crippen LogP contribution in [0, 0.1) is 11.6 Å². The summed E-state index contributed by atoms with van der Waals surface area (Å²) in [5.41, 5.74) is 3.82. The summed E-state index contributed by atoms with van der Waals surface area (Å²) >= 11 is 19.6. The Morgan fingerprint density at radius 3 is 1.70 bits per heavy atom. The SMILES string of the molecule is CCOc1cc(CN2CCC(N(c3nc(-c4ccccc4F)c4cc(Cl)ccc4n3)N(c3nc(-c4ccccc4F)c4cc(Cl)ccc4n3)C3CCNCC3)CC2)ccc1Cl.